The number of aryl methyl sites for hydroxylation is 1. The maximum absolute atomic E-state index is 12.3. The quantitative estimate of drug-likeness (QED) is 0.339. The van der Waals surface area contributed by atoms with Crippen LogP contribution in [-0.4, -0.2) is 21.6 Å². The minimum atomic E-state index is -0.0741. The van der Waals surface area contributed by atoms with Crippen LogP contribution >= 0.6 is 11.8 Å². The first-order chi connectivity index (χ1) is 14.2. The fourth-order valence-corrected chi connectivity index (χ4v) is 3.85. The second-order valence-corrected chi connectivity index (χ2v) is 7.53. The fraction of sp³-hybridized carbons (Fsp3) is 0.125. The number of rotatable bonds is 6. The molecule has 5 heteroatoms. The Morgan fingerprint density at radius 3 is 2.34 bits per heavy atom. The normalized spacial score (nSPS) is 10.8. The van der Waals surface area contributed by atoms with Crippen molar-refractivity contribution in [3.05, 3.63) is 84.4 Å². The van der Waals surface area contributed by atoms with E-state index in [1.165, 1.54) is 17.3 Å². The molecular formula is C24H21N3OS. The number of carbonyl (C=O) groups excluding carboxylic acids is 1. The van der Waals surface area contributed by atoms with Gasteiger partial charge in [-0.05, 0) is 24.1 Å². The highest BCUT2D eigenvalue weighted by Crippen LogP contribution is 2.30. The van der Waals surface area contributed by atoms with Crippen molar-refractivity contribution < 1.29 is 4.79 Å². The summed E-state index contributed by atoms with van der Waals surface area (Å²) in [6, 6.07) is 25.8. The number of nitrogens with one attached hydrogen (secondary N) is 1. The highest BCUT2D eigenvalue weighted by Gasteiger charge is 2.13. The standard InChI is InChI=1S/C24H21N3OS/c1-2-17-12-9-15-20-22(17)26-24(27-23(20)18-10-5-3-6-11-18)29-16-21(28)25-19-13-7-4-8-14-19/h3-15H,2,16H2,1H3,(H,25,28). The number of amides is 1. The molecule has 4 nitrogen and oxygen atoms in total. The van der Waals surface area contributed by atoms with Crippen LogP contribution < -0.4 is 5.32 Å². The van der Waals surface area contributed by atoms with Crippen LogP contribution in [0.25, 0.3) is 22.2 Å². The van der Waals surface area contributed by atoms with Gasteiger partial charge in [0.15, 0.2) is 5.16 Å². The van der Waals surface area contributed by atoms with Crippen molar-refractivity contribution in [1.82, 2.24) is 9.97 Å². The molecule has 1 amide bonds. The van der Waals surface area contributed by atoms with Crippen molar-refractivity contribution in [1.29, 1.82) is 0 Å². The Bertz CT molecular complexity index is 1130. The molecule has 0 spiro atoms. The van der Waals surface area contributed by atoms with Crippen LogP contribution in [-0.2, 0) is 11.2 Å². The van der Waals surface area contributed by atoms with Crippen LogP contribution in [0.4, 0.5) is 5.69 Å². The van der Waals surface area contributed by atoms with Crippen LogP contribution in [0.2, 0.25) is 0 Å². The lowest BCUT2D eigenvalue weighted by molar-refractivity contribution is -0.113. The van der Waals surface area contributed by atoms with Gasteiger partial charge in [0.05, 0.1) is 17.0 Å². The van der Waals surface area contributed by atoms with Gasteiger partial charge in [-0.3, -0.25) is 4.79 Å². The summed E-state index contributed by atoms with van der Waals surface area (Å²) >= 11 is 1.36. The summed E-state index contributed by atoms with van der Waals surface area (Å²) in [6.45, 7) is 2.12. The number of carbonyl (C=O) groups is 1. The Morgan fingerprint density at radius 1 is 0.897 bits per heavy atom. The number of nitrogens with zero attached hydrogens (tertiary/aromatic N) is 2. The second-order valence-electron chi connectivity index (χ2n) is 6.59. The predicted octanol–water partition coefficient (Wildman–Crippen LogP) is 5.59. The lowest BCUT2D eigenvalue weighted by atomic mass is 10.0. The zero-order valence-corrected chi connectivity index (χ0v) is 16.9. The Kier molecular flexibility index (Phi) is 5.86. The highest BCUT2D eigenvalue weighted by molar-refractivity contribution is 7.99. The number of anilines is 1. The van der Waals surface area contributed by atoms with Gasteiger partial charge < -0.3 is 5.32 Å². The first-order valence-electron chi connectivity index (χ1n) is 9.57. The third-order valence-corrected chi connectivity index (χ3v) is 5.45. The van der Waals surface area contributed by atoms with Crippen molar-refractivity contribution in [2.45, 2.75) is 18.5 Å². The Balaban J connectivity index is 1.65. The molecule has 29 heavy (non-hydrogen) atoms. The Morgan fingerprint density at radius 2 is 1.62 bits per heavy atom. The number of thioether (sulfide) groups is 1. The second kappa shape index (κ2) is 8.88. The first kappa shape index (κ1) is 19.2. The minimum Gasteiger partial charge on any atom is -0.325 e. The van der Waals surface area contributed by atoms with Crippen LogP contribution in [0.1, 0.15) is 12.5 Å². The Labute approximate surface area is 174 Å². The van der Waals surface area contributed by atoms with Crippen molar-refractivity contribution in [2.75, 3.05) is 11.1 Å². The average molecular weight is 400 g/mol. The van der Waals surface area contributed by atoms with E-state index in [1.54, 1.807) is 0 Å². The number of fused-ring (bicyclic) bond motifs is 1. The van der Waals surface area contributed by atoms with Crippen LogP contribution in [0.3, 0.4) is 0 Å². The van der Waals surface area contributed by atoms with E-state index in [9.17, 15) is 4.79 Å². The van der Waals surface area contributed by atoms with E-state index in [0.717, 1.165) is 34.3 Å². The van der Waals surface area contributed by atoms with E-state index in [2.05, 4.69) is 42.6 Å². The molecule has 1 N–H and O–H groups in total. The summed E-state index contributed by atoms with van der Waals surface area (Å²) < 4.78 is 0. The zero-order valence-electron chi connectivity index (χ0n) is 16.1. The molecule has 0 aliphatic rings. The van der Waals surface area contributed by atoms with Gasteiger partial charge in [-0.25, -0.2) is 9.97 Å². The predicted molar refractivity (Wildman–Crippen MR) is 120 cm³/mol. The number of para-hydroxylation sites is 2. The van der Waals surface area contributed by atoms with E-state index in [4.69, 9.17) is 9.97 Å². The summed E-state index contributed by atoms with van der Waals surface area (Å²) in [7, 11) is 0. The van der Waals surface area contributed by atoms with Gasteiger partial charge in [0, 0.05) is 16.6 Å². The van der Waals surface area contributed by atoms with E-state index in [1.807, 2.05) is 48.5 Å². The molecular weight excluding hydrogens is 378 g/mol. The van der Waals surface area contributed by atoms with Gasteiger partial charge in [-0.2, -0.15) is 0 Å². The monoisotopic (exact) mass is 399 g/mol. The SMILES string of the molecule is CCc1cccc2c(-c3ccccc3)nc(SCC(=O)Nc3ccccc3)nc12. The molecule has 0 aliphatic heterocycles. The van der Waals surface area contributed by atoms with Gasteiger partial charge in [-0.15, -0.1) is 0 Å². The summed E-state index contributed by atoms with van der Waals surface area (Å²) in [5.74, 6) is 0.179. The topological polar surface area (TPSA) is 54.9 Å². The summed E-state index contributed by atoms with van der Waals surface area (Å²) in [6.07, 6.45) is 0.890. The summed E-state index contributed by atoms with van der Waals surface area (Å²) in [5, 5.41) is 4.55. The van der Waals surface area contributed by atoms with Crippen molar-refractivity contribution in [3.8, 4) is 11.3 Å². The van der Waals surface area contributed by atoms with Crippen LogP contribution in [0.5, 0.6) is 0 Å². The largest absolute Gasteiger partial charge is 0.325 e. The lowest BCUT2D eigenvalue weighted by Crippen LogP contribution is -2.14. The van der Waals surface area contributed by atoms with Gasteiger partial charge >= 0.3 is 0 Å². The lowest BCUT2D eigenvalue weighted by Gasteiger charge is -2.11. The smallest absolute Gasteiger partial charge is 0.234 e. The fourth-order valence-electron chi connectivity index (χ4n) is 3.21. The van der Waals surface area contributed by atoms with E-state index in [-0.39, 0.29) is 11.7 Å². The molecule has 0 saturated carbocycles. The summed E-state index contributed by atoms with van der Waals surface area (Å²) in [5.41, 5.74) is 4.86. The van der Waals surface area contributed by atoms with Gasteiger partial charge in [0.1, 0.15) is 0 Å². The molecule has 0 unspecified atom stereocenters. The maximum atomic E-state index is 12.3. The first-order valence-corrected chi connectivity index (χ1v) is 10.6. The molecule has 0 saturated heterocycles. The molecule has 1 aromatic heterocycles. The van der Waals surface area contributed by atoms with Gasteiger partial charge in [0.25, 0.3) is 0 Å². The molecule has 4 aromatic rings. The molecule has 0 fully saturated rings. The number of aromatic nitrogens is 2. The molecule has 0 aliphatic carbocycles. The van der Waals surface area contributed by atoms with Crippen molar-refractivity contribution >= 4 is 34.3 Å². The molecule has 4 rings (SSSR count). The molecule has 3 aromatic carbocycles. The number of benzene rings is 3. The van der Waals surface area contributed by atoms with E-state index >= 15 is 0 Å². The van der Waals surface area contributed by atoms with Crippen molar-refractivity contribution in [2.24, 2.45) is 0 Å². The molecule has 0 bridgehead atoms. The summed E-state index contributed by atoms with van der Waals surface area (Å²) in [4.78, 5) is 21.9. The Hall–Kier alpha value is -3.18. The molecule has 1 heterocycles. The van der Waals surface area contributed by atoms with Crippen molar-refractivity contribution in [3.63, 3.8) is 0 Å². The average Bonchev–Trinajstić information content (AvgIpc) is 2.78. The molecule has 0 radical (unpaired) electrons. The zero-order chi connectivity index (χ0) is 20.1. The number of hydrogen-bond acceptors (Lipinski definition) is 4. The molecule has 0 atom stereocenters. The third kappa shape index (κ3) is 4.46. The molecule has 144 valence electrons. The highest BCUT2D eigenvalue weighted by atomic mass is 32.2. The van der Waals surface area contributed by atoms with Gasteiger partial charge in [0.2, 0.25) is 5.91 Å². The van der Waals surface area contributed by atoms with Gasteiger partial charge in [-0.1, -0.05) is 85.4 Å². The minimum absolute atomic E-state index is 0.0741. The maximum Gasteiger partial charge on any atom is 0.234 e. The van der Waals surface area contributed by atoms with Crippen LogP contribution in [0, 0.1) is 0 Å². The third-order valence-electron chi connectivity index (χ3n) is 4.61. The van der Waals surface area contributed by atoms with E-state index in [0.29, 0.717) is 5.16 Å². The van der Waals surface area contributed by atoms with E-state index < -0.39 is 0 Å². The number of hydrogen-bond donors (Lipinski definition) is 1. The van der Waals surface area contributed by atoms with Crippen LogP contribution in [0.15, 0.2) is 84.0 Å².